The van der Waals surface area contributed by atoms with Gasteiger partial charge in [0, 0.05) is 10.9 Å². The van der Waals surface area contributed by atoms with Gasteiger partial charge in [0.25, 0.3) is 0 Å². The van der Waals surface area contributed by atoms with Crippen LogP contribution in [-0.4, -0.2) is 11.8 Å². The molecular formula is C16H22N2S. The quantitative estimate of drug-likeness (QED) is 0.734. The van der Waals surface area contributed by atoms with Gasteiger partial charge in [0.1, 0.15) is 6.07 Å². The summed E-state index contributed by atoms with van der Waals surface area (Å²) in [7, 11) is 0. The van der Waals surface area contributed by atoms with E-state index in [1.165, 1.54) is 19.3 Å². The molecule has 0 spiro atoms. The number of hydrogen-bond donors (Lipinski definition) is 1. The summed E-state index contributed by atoms with van der Waals surface area (Å²) in [4.78, 5) is 1.09. The van der Waals surface area contributed by atoms with E-state index in [1.54, 1.807) is 11.8 Å². The first kappa shape index (κ1) is 14.3. The predicted molar refractivity (Wildman–Crippen MR) is 82.6 cm³/mol. The Labute approximate surface area is 120 Å². The highest BCUT2D eigenvalue weighted by Crippen LogP contribution is 2.35. The zero-order valence-electron chi connectivity index (χ0n) is 11.8. The summed E-state index contributed by atoms with van der Waals surface area (Å²) in [6, 6.07) is 8.99. The van der Waals surface area contributed by atoms with E-state index in [0.717, 1.165) is 34.2 Å². The minimum atomic E-state index is 0.501. The Bertz CT molecular complexity index is 460. The molecule has 1 saturated carbocycles. The highest BCUT2D eigenvalue weighted by Gasteiger charge is 2.25. The molecule has 0 aromatic heterocycles. The lowest BCUT2D eigenvalue weighted by molar-refractivity contribution is 0.587. The average Bonchev–Trinajstić information content (AvgIpc) is 3.22. The van der Waals surface area contributed by atoms with Crippen molar-refractivity contribution in [2.45, 2.75) is 50.5 Å². The summed E-state index contributed by atoms with van der Waals surface area (Å²) in [6.45, 7) is 4.34. The van der Waals surface area contributed by atoms with E-state index in [0.29, 0.717) is 6.04 Å². The third-order valence-electron chi connectivity index (χ3n) is 3.61. The molecule has 1 aliphatic carbocycles. The van der Waals surface area contributed by atoms with Crippen LogP contribution in [0.4, 0.5) is 5.69 Å². The second kappa shape index (κ2) is 6.86. The first-order chi connectivity index (χ1) is 9.28. The lowest BCUT2D eigenvalue weighted by Crippen LogP contribution is -2.19. The van der Waals surface area contributed by atoms with Gasteiger partial charge in [-0.1, -0.05) is 32.8 Å². The lowest BCUT2D eigenvalue weighted by atomic mass is 10.1. The highest BCUT2D eigenvalue weighted by molar-refractivity contribution is 7.99. The fourth-order valence-corrected chi connectivity index (χ4v) is 3.13. The fraction of sp³-hybridized carbons (Fsp3) is 0.562. The van der Waals surface area contributed by atoms with Gasteiger partial charge in [0.2, 0.25) is 0 Å². The smallest absolute Gasteiger partial charge is 0.102 e. The summed E-state index contributed by atoms with van der Waals surface area (Å²) in [6.07, 6.45) is 5.13. The first-order valence-corrected chi connectivity index (χ1v) is 8.19. The Morgan fingerprint density at radius 1 is 1.42 bits per heavy atom. The maximum absolute atomic E-state index is 9.40. The summed E-state index contributed by atoms with van der Waals surface area (Å²) in [5.41, 5.74) is 1.82. The van der Waals surface area contributed by atoms with E-state index in [9.17, 15) is 5.26 Å². The van der Waals surface area contributed by atoms with Crippen LogP contribution in [0.15, 0.2) is 23.1 Å². The van der Waals surface area contributed by atoms with Crippen molar-refractivity contribution in [3.63, 3.8) is 0 Å². The highest BCUT2D eigenvalue weighted by atomic mass is 32.2. The molecule has 1 unspecified atom stereocenters. The van der Waals surface area contributed by atoms with Crippen LogP contribution in [0.25, 0.3) is 0 Å². The lowest BCUT2D eigenvalue weighted by Gasteiger charge is -2.19. The summed E-state index contributed by atoms with van der Waals surface area (Å²) >= 11 is 1.74. The van der Waals surface area contributed by atoms with Crippen molar-refractivity contribution in [3.05, 3.63) is 23.8 Å². The molecule has 0 aliphatic heterocycles. The predicted octanol–water partition coefficient (Wildman–Crippen LogP) is 4.66. The normalized spacial score (nSPS) is 15.8. The minimum absolute atomic E-state index is 0.501. The van der Waals surface area contributed by atoms with Crippen LogP contribution in [-0.2, 0) is 0 Å². The molecule has 3 heteroatoms. The van der Waals surface area contributed by atoms with E-state index in [1.807, 2.05) is 18.2 Å². The van der Waals surface area contributed by atoms with Crippen molar-refractivity contribution in [2.24, 2.45) is 5.92 Å². The van der Waals surface area contributed by atoms with Gasteiger partial charge < -0.3 is 5.32 Å². The summed E-state index contributed by atoms with van der Waals surface area (Å²) in [5.74, 6) is 1.91. The number of anilines is 1. The maximum atomic E-state index is 9.40. The van der Waals surface area contributed by atoms with Crippen molar-refractivity contribution >= 4 is 17.4 Å². The van der Waals surface area contributed by atoms with Gasteiger partial charge in [0.05, 0.1) is 11.3 Å². The van der Waals surface area contributed by atoms with Crippen molar-refractivity contribution in [1.29, 1.82) is 5.26 Å². The molecular weight excluding hydrogens is 252 g/mol. The zero-order chi connectivity index (χ0) is 13.7. The maximum Gasteiger partial charge on any atom is 0.102 e. The third-order valence-corrected chi connectivity index (χ3v) is 4.54. The molecule has 1 aliphatic rings. The standard InChI is InChI=1S/C16H22N2S/c1-3-13(10-12-8-9-12)18-15-6-5-7-16(19-4-2)14(15)11-17/h5-7,12-13,18H,3-4,8-10H2,1-2H3. The molecule has 1 aromatic carbocycles. The van der Waals surface area contributed by atoms with Gasteiger partial charge in [-0.15, -0.1) is 11.8 Å². The van der Waals surface area contributed by atoms with Crippen LogP contribution in [0.1, 0.15) is 45.1 Å². The van der Waals surface area contributed by atoms with E-state index in [-0.39, 0.29) is 0 Å². The van der Waals surface area contributed by atoms with Crippen LogP contribution in [0, 0.1) is 17.2 Å². The van der Waals surface area contributed by atoms with Gasteiger partial charge in [-0.25, -0.2) is 0 Å². The Morgan fingerprint density at radius 2 is 2.21 bits per heavy atom. The van der Waals surface area contributed by atoms with Crippen LogP contribution < -0.4 is 5.32 Å². The van der Waals surface area contributed by atoms with E-state index < -0.39 is 0 Å². The van der Waals surface area contributed by atoms with Gasteiger partial charge in [-0.3, -0.25) is 0 Å². The monoisotopic (exact) mass is 274 g/mol. The Balaban J connectivity index is 2.13. The number of nitriles is 1. The molecule has 2 rings (SSSR count). The molecule has 1 fully saturated rings. The molecule has 2 nitrogen and oxygen atoms in total. The molecule has 19 heavy (non-hydrogen) atoms. The molecule has 0 amide bonds. The molecule has 102 valence electrons. The molecule has 0 heterocycles. The summed E-state index contributed by atoms with van der Waals surface area (Å²) in [5, 5.41) is 13.0. The van der Waals surface area contributed by atoms with Gasteiger partial charge in [-0.05, 0) is 36.6 Å². The SMILES string of the molecule is CCSc1cccc(NC(CC)CC2CC2)c1C#N. The van der Waals surface area contributed by atoms with Crippen LogP contribution in [0.3, 0.4) is 0 Å². The number of hydrogen-bond acceptors (Lipinski definition) is 3. The van der Waals surface area contributed by atoms with Crippen LogP contribution in [0.5, 0.6) is 0 Å². The van der Waals surface area contributed by atoms with E-state index in [4.69, 9.17) is 0 Å². The molecule has 1 atom stereocenters. The molecule has 1 aromatic rings. The Morgan fingerprint density at radius 3 is 2.79 bits per heavy atom. The molecule has 0 radical (unpaired) electrons. The summed E-state index contributed by atoms with van der Waals surface area (Å²) < 4.78 is 0. The number of nitrogens with one attached hydrogen (secondary N) is 1. The van der Waals surface area contributed by atoms with E-state index in [2.05, 4.69) is 25.2 Å². The molecule has 1 N–H and O–H groups in total. The first-order valence-electron chi connectivity index (χ1n) is 7.20. The zero-order valence-corrected chi connectivity index (χ0v) is 12.6. The second-order valence-electron chi connectivity index (χ2n) is 5.15. The van der Waals surface area contributed by atoms with Crippen molar-refractivity contribution in [1.82, 2.24) is 0 Å². The molecule has 0 saturated heterocycles. The van der Waals surface area contributed by atoms with Gasteiger partial charge in [-0.2, -0.15) is 5.26 Å². The number of benzene rings is 1. The number of nitrogens with zero attached hydrogens (tertiary/aromatic N) is 1. The minimum Gasteiger partial charge on any atom is -0.381 e. The van der Waals surface area contributed by atoms with Crippen molar-refractivity contribution in [3.8, 4) is 6.07 Å². The van der Waals surface area contributed by atoms with E-state index >= 15 is 0 Å². The third kappa shape index (κ3) is 3.91. The van der Waals surface area contributed by atoms with Gasteiger partial charge >= 0.3 is 0 Å². The van der Waals surface area contributed by atoms with Crippen LogP contribution >= 0.6 is 11.8 Å². The molecule has 0 bridgehead atoms. The second-order valence-corrected chi connectivity index (χ2v) is 6.46. The number of thioether (sulfide) groups is 1. The van der Waals surface area contributed by atoms with Crippen molar-refractivity contribution < 1.29 is 0 Å². The largest absolute Gasteiger partial charge is 0.381 e. The Kier molecular flexibility index (Phi) is 5.15. The Hall–Kier alpha value is -1.14. The topological polar surface area (TPSA) is 35.8 Å². The van der Waals surface area contributed by atoms with Crippen molar-refractivity contribution in [2.75, 3.05) is 11.1 Å². The average molecular weight is 274 g/mol. The fourth-order valence-electron chi connectivity index (χ4n) is 2.35. The van der Waals surface area contributed by atoms with Gasteiger partial charge in [0.15, 0.2) is 0 Å². The number of rotatable bonds is 7. The van der Waals surface area contributed by atoms with Crippen LogP contribution in [0.2, 0.25) is 0 Å².